The van der Waals surface area contributed by atoms with Crippen molar-refractivity contribution in [2.75, 3.05) is 13.7 Å². The highest BCUT2D eigenvalue weighted by molar-refractivity contribution is 9.10. The van der Waals surface area contributed by atoms with Gasteiger partial charge in [-0.2, -0.15) is 0 Å². The third kappa shape index (κ3) is 4.05. The van der Waals surface area contributed by atoms with Crippen molar-refractivity contribution in [3.8, 4) is 5.75 Å². The zero-order chi connectivity index (χ0) is 14.4. The van der Waals surface area contributed by atoms with Crippen molar-refractivity contribution in [1.82, 2.24) is 4.98 Å². The molecular formula is C16H19BrN2O. The van der Waals surface area contributed by atoms with Crippen LogP contribution in [0, 0.1) is 5.92 Å². The lowest BCUT2D eigenvalue weighted by molar-refractivity contribution is 0.404. The first kappa shape index (κ1) is 15.0. The Hall–Kier alpha value is -1.39. The summed E-state index contributed by atoms with van der Waals surface area (Å²) in [6.45, 7) is 0.643. The van der Waals surface area contributed by atoms with Crippen molar-refractivity contribution in [1.29, 1.82) is 0 Å². The molecule has 2 N–H and O–H groups in total. The summed E-state index contributed by atoms with van der Waals surface area (Å²) in [5.41, 5.74) is 8.33. The molecule has 1 aromatic heterocycles. The molecule has 0 aliphatic heterocycles. The largest absolute Gasteiger partial charge is 0.496 e. The van der Waals surface area contributed by atoms with Crippen molar-refractivity contribution in [3.63, 3.8) is 0 Å². The lowest BCUT2D eigenvalue weighted by atomic mass is 9.93. The fourth-order valence-electron chi connectivity index (χ4n) is 2.32. The second kappa shape index (κ2) is 7.41. The van der Waals surface area contributed by atoms with E-state index in [-0.39, 0.29) is 0 Å². The lowest BCUT2D eigenvalue weighted by Crippen LogP contribution is -2.19. The minimum Gasteiger partial charge on any atom is -0.496 e. The molecule has 20 heavy (non-hydrogen) atoms. The number of hydrogen-bond acceptors (Lipinski definition) is 3. The van der Waals surface area contributed by atoms with Gasteiger partial charge in [-0.3, -0.25) is 4.98 Å². The Morgan fingerprint density at radius 2 is 2.05 bits per heavy atom. The van der Waals surface area contributed by atoms with Gasteiger partial charge < -0.3 is 10.5 Å². The van der Waals surface area contributed by atoms with Gasteiger partial charge in [-0.15, -0.1) is 0 Å². The van der Waals surface area contributed by atoms with E-state index in [1.54, 1.807) is 13.3 Å². The van der Waals surface area contributed by atoms with Crippen molar-refractivity contribution < 1.29 is 4.74 Å². The summed E-state index contributed by atoms with van der Waals surface area (Å²) in [5.74, 6) is 1.31. The molecule has 4 heteroatoms. The molecule has 2 rings (SSSR count). The van der Waals surface area contributed by atoms with Gasteiger partial charge in [-0.05, 0) is 64.5 Å². The molecule has 0 bridgehead atoms. The molecule has 0 fully saturated rings. The molecule has 1 atom stereocenters. The zero-order valence-corrected chi connectivity index (χ0v) is 13.1. The van der Waals surface area contributed by atoms with Crippen LogP contribution in [0.5, 0.6) is 5.75 Å². The number of aromatic nitrogens is 1. The van der Waals surface area contributed by atoms with E-state index in [0.717, 1.165) is 23.1 Å². The first-order valence-corrected chi connectivity index (χ1v) is 7.43. The van der Waals surface area contributed by atoms with E-state index < -0.39 is 0 Å². The van der Waals surface area contributed by atoms with E-state index >= 15 is 0 Å². The number of nitrogens with two attached hydrogens (primary N) is 1. The second-order valence-electron chi connectivity index (χ2n) is 4.83. The van der Waals surface area contributed by atoms with Gasteiger partial charge >= 0.3 is 0 Å². The maximum atomic E-state index is 5.93. The van der Waals surface area contributed by atoms with Gasteiger partial charge in [0.15, 0.2) is 0 Å². The predicted octanol–water partition coefficient (Wildman–Crippen LogP) is 3.21. The van der Waals surface area contributed by atoms with Crippen molar-refractivity contribution in [2.45, 2.75) is 12.8 Å². The Balaban J connectivity index is 2.09. The van der Waals surface area contributed by atoms with Gasteiger partial charge in [0, 0.05) is 16.9 Å². The van der Waals surface area contributed by atoms with E-state index in [2.05, 4.69) is 33.0 Å². The molecular weight excluding hydrogens is 316 g/mol. The Bertz CT molecular complexity index is 560. The highest BCUT2D eigenvalue weighted by Crippen LogP contribution is 2.23. The molecule has 3 nitrogen and oxygen atoms in total. The van der Waals surface area contributed by atoms with E-state index in [9.17, 15) is 0 Å². The molecule has 1 aromatic carbocycles. The van der Waals surface area contributed by atoms with Gasteiger partial charge in [0.25, 0.3) is 0 Å². The molecule has 0 saturated heterocycles. The van der Waals surface area contributed by atoms with Gasteiger partial charge in [-0.25, -0.2) is 0 Å². The maximum absolute atomic E-state index is 5.93. The summed E-state index contributed by atoms with van der Waals surface area (Å²) in [7, 11) is 1.70. The van der Waals surface area contributed by atoms with Crippen LogP contribution < -0.4 is 10.5 Å². The highest BCUT2D eigenvalue weighted by Gasteiger charge is 2.12. The normalized spacial score (nSPS) is 12.2. The van der Waals surface area contributed by atoms with Crippen LogP contribution >= 0.6 is 15.9 Å². The van der Waals surface area contributed by atoms with E-state index in [1.807, 2.05) is 24.4 Å². The van der Waals surface area contributed by atoms with Gasteiger partial charge in [0.2, 0.25) is 0 Å². The average Bonchev–Trinajstić information content (AvgIpc) is 2.47. The van der Waals surface area contributed by atoms with Crippen molar-refractivity contribution in [2.24, 2.45) is 11.7 Å². The van der Waals surface area contributed by atoms with Gasteiger partial charge in [0.05, 0.1) is 7.11 Å². The summed E-state index contributed by atoms with van der Waals surface area (Å²) in [6.07, 6.45) is 5.52. The number of rotatable bonds is 6. The minimum atomic E-state index is 0.377. The first-order chi connectivity index (χ1) is 9.72. The fraction of sp³-hybridized carbons (Fsp3) is 0.312. The number of methoxy groups -OCH3 is 1. The van der Waals surface area contributed by atoms with Crippen LogP contribution in [0.25, 0.3) is 0 Å². The molecule has 0 amide bonds. The number of ether oxygens (including phenoxy) is 1. The van der Waals surface area contributed by atoms with E-state index in [1.165, 1.54) is 11.1 Å². The Morgan fingerprint density at radius 1 is 1.25 bits per heavy atom. The van der Waals surface area contributed by atoms with E-state index in [0.29, 0.717) is 12.5 Å². The second-order valence-corrected chi connectivity index (χ2v) is 5.75. The molecule has 1 heterocycles. The Kier molecular flexibility index (Phi) is 5.56. The maximum Gasteiger partial charge on any atom is 0.122 e. The van der Waals surface area contributed by atoms with Crippen LogP contribution in [0.15, 0.2) is 47.2 Å². The van der Waals surface area contributed by atoms with E-state index in [4.69, 9.17) is 10.5 Å². The molecule has 0 spiro atoms. The first-order valence-electron chi connectivity index (χ1n) is 6.64. The standard InChI is InChI=1S/C16H19BrN2O/c1-20-16-5-3-2-4-14(16)7-12(9-18)6-13-8-15(17)11-19-10-13/h2-5,8,10-12H,6-7,9,18H2,1H3. The minimum absolute atomic E-state index is 0.377. The molecule has 2 aromatic rings. The van der Waals surface area contributed by atoms with Crippen LogP contribution in [-0.4, -0.2) is 18.6 Å². The van der Waals surface area contributed by atoms with Crippen LogP contribution in [0.1, 0.15) is 11.1 Å². The highest BCUT2D eigenvalue weighted by atomic mass is 79.9. The third-order valence-electron chi connectivity index (χ3n) is 3.32. The third-order valence-corrected chi connectivity index (χ3v) is 3.75. The number of pyridine rings is 1. The Morgan fingerprint density at radius 3 is 2.75 bits per heavy atom. The number of hydrogen-bond donors (Lipinski definition) is 1. The Labute approximate surface area is 128 Å². The molecule has 0 aliphatic carbocycles. The zero-order valence-electron chi connectivity index (χ0n) is 11.6. The molecule has 106 valence electrons. The van der Waals surface area contributed by atoms with Crippen LogP contribution in [0.3, 0.4) is 0 Å². The molecule has 0 radical (unpaired) electrons. The fourth-order valence-corrected chi connectivity index (χ4v) is 2.73. The summed E-state index contributed by atoms with van der Waals surface area (Å²) < 4.78 is 6.40. The smallest absolute Gasteiger partial charge is 0.122 e. The summed E-state index contributed by atoms with van der Waals surface area (Å²) in [4.78, 5) is 4.20. The summed E-state index contributed by atoms with van der Waals surface area (Å²) >= 11 is 3.45. The molecule has 1 unspecified atom stereocenters. The average molecular weight is 335 g/mol. The topological polar surface area (TPSA) is 48.1 Å². The SMILES string of the molecule is COc1ccccc1CC(CN)Cc1cncc(Br)c1. The molecule has 0 saturated carbocycles. The van der Waals surface area contributed by atoms with Crippen LogP contribution in [0.2, 0.25) is 0 Å². The summed E-state index contributed by atoms with van der Waals surface area (Å²) in [5, 5.41) is 0. The van der Waals surface area contributed by atoms with Crippen LogP contribution in [0.4, 0.5) is 0 Å². The number of halogens is 1. The monoisotopic (exact) mass is 334 g/mol. The quantitative estimate of drug-likeness (QED) is 0.882. The summed E-state index contributed by atoms with van der Waals surface area (Å²) in [6, 6.07) is 10.2. The molecule has 0 aliphatic rings. The lowest BCUT2D eigenvalue weighted by Gasteiger charge is -2.16. The van der Waals surface area contributed by atoms with Gasteiger partial charge in [0.1, 0.15) is 5.75 Å². The number of nitrogens with zero attached hydrogens (tertiary/aromatic N) is 1. The predicted molar refractivity (Wildman–Crippen MR) is 84.9 cm³/mol. The van der Waals surface area contributed by atoms with Gasteiger partial charge in [-0.1, -0.05) is 18.2 Å². The van der Waals surface area contributed by atoms with Crippen LogP contribution in [-0.2, 0) is 12.8 Å². The number of benzene rings is 1. The van der Waals surface area contributed by atoms with Crippen molar-refractivity contribution in [3.05, 3.63) is 58.3 Å². The van der Waals surface area contributed by atoms with Crippen molar-refractivity contribution >= 4 is 15.9 Å². The number of para-hydroxylation sites is 1.